The van der Waals surface area contributed by atoms with Crippen molar-refractivity contribution in [3.8, 4) is 11.1 Å². The van der Waals surface area contributed by atoms with Crippen LogP contribution in [0.15, 0.2) is 30.7 Å². The molecular weight excluding hydrogens is 410 g/mol. The monoisotopic (exact) mass is 447 g/mol. The molecule has 0 aromatic carbocycles. The fourth-order valence-corrected chi connectivity index (χ4v) is 5.97. The third kappa shape index (κ3) is 5.04. The van der Waals surface area contributed by atoms with Crippen LogP contribution in [0.4, 0.5) is 5.95 Å². The first kappa shape index (κ1) is 22.3. The number of amides is 1. The summed E-state index contributed by atoms with van der Waals surface area (Å²) in [6, 6.07) is 4.06. The summed E-state index contributed by atoms with van der Waals surface area (Å²) in [7, 11) is 0. The van der Waals surface area contributed by atoms with Crippen molar-refractivity contribution in [1.82, 2.24) is 19.9 Å². The van der Waals surface area contributed by atoms with Crippen molar-refractivity contribution in [1.29, 1.82) is 0 Å². The molecule has 2 aliphatic heterocycles. The minimum Gasteiger partial charge on any atom is -0.342 e. The van der Waals surface area contributed by atoms with Crippen LogP contribution in [0, 0.1) is 11.8 Å². The van der Waals surface area contributed by atoms with Crippen LogP contribution in [-0.4, -0.2) is 51.9 Å². The van der Waals surface area contributed by atoms with E-state index in [1.807, 2.05) is 18.5 Å². The number of pyridine rings is 1. The average molecular weight is 448 g/mol. The Morgan fingerprint density at radius 1 is 0.970 bits per heavy atom. The Balaban J connectivity index is 1.44. The third-order valence-corrected chi connectivity index (χ3v) is 7.79. The van der Waals surface area contributed by atoms with Crippen molar-refractivity contribution < 1.29 is 4.79 Å². The van der Waals surface area contributed by atoms with E-state index in [0.717, 1.165) is 74.6 Å². The highest BCUT2D eigenvalue weighted by molar-refractivity contribution is 5.79. The lowest BCUT2D eigenvalue weighted by atomic mass is 9.86. The van der Waals surface area contributed by atoms with Crippen LogP contribution in [0.1, 0.15) is 76.3 Å². The van der Waals surface area contributed by atoms with E-state index in [0.29, 0.717) is 11.8 Å². The first-order valence-corrected chi connectivity index (χ1v) is 13.0. The molecule has 1 amide bonds. The molecule has 3 aliphatic rings. The van der Waals surface area contributed by atoms with Gasteiger partial charge in [0.1, 0.15) is 0 Å². The van der Waals surface area contributed by atoms with Crippen molar-refractivity contribution >= 4 is 11.9 Å². The topological polar surface area (TPSA) is 62.2 Å². The maximum atomic E-state index is 13.3. The molecule has 3 fully saturated rings. The summed E-state index contributed by atoms with van der Waals surface area (Å²) in [4.78, 5) is 32.1. The molecule has 33 heavy (non-hydrogen) atoms. The molecule has 0 radical (unpaired) electrons. The zero-order chi connectivity index (χ0) is 22.6. The van der Waals surface area contributed by atoms with Crippen molar-refractivity contribution in [3.05, 3.63) is 36.4 Å². The maximum absolute atomic E-state index is 13.3. The van der Waals surface area contributed by atoms with E-state index in [1.165, 1.54) is 32.1 Å². The minimum absolute atomic E-state index is 0.228. The van der Waals surface area contributed by atoms with Gasteiger partial charge in [0.2, 0.25) is 11.9 Å². The number of rotatable bonds is 4. The van der Waals surface area contributed by atoms with Gasteiger partial charge in [-0.1, -0.05) is 32.3 Å². The van der Waals surface area contributed by atoms with Crippen LogP contribution in [0.5, 0.6) is 0 Å². The smallest absolute Gasteiger partial charge is 0.225 e. The summed E-state index contributed by atoms with van der Waals surface area (Å²) in [5.74, 6) is 2.36. The van der Waals surface area contributed by atoms with Gasteiger partial charge < -0.3 is 9.80 Å². The summed E-state index contributed by atoms with van der Waals surface area (Å²) in [5, 5.41) is 0. The number of nitrogens with zero attached hydrogens (tertiary/aromatic N) is 5. The fraction of sp³-hybridized carbons (Fsp3) is 0.630. The molecule has 0 bridgehead atoms. The van der Waals surface area contributed by atoms with Gasteiger partial charge in [-0.25, -0.2) is 9.97 Å². The number of carbonyl (C=O) groups is 1. The quantitative estimate of drug-likeness (QED) is 0.655. The summed E-state index contributed by atoms with van der Waals surface area (Å²) in [6.45, 7) is 6.01. The molecule has 1 saturated carbocycles. The van der Waals surface area contributed by atoms with Crippen LogP contribution in [0.25, 0.3) is 11.1 Å². The fourth-order valence-electron chi connectivity index (χ4n) is 5.97. The van der Waals surface area contributed by atoms with Crippen LogP contribution < -0.4 is 4.90 Å². The molecule has 0 unspecified atom stereocenters. The number of carbonyl (C=O) groups excluding carboxylic acids is 1. The Hall–Kier alpha value is -2.50. The van der Waals surface area contributed by atoms with Gasteiger partial charge in [0, 0.05) is 67.7 Å². The summed E-state index contributed by atoms with van der Waals surface area (Å²) in [6.07, 6.45) is 16.1. The second-order valence-corrected chi connectivity index (χ2v) is 10.4. The number of hydrogen-bond acceptors (Lipinski definition) is 5. The van der Waals surface area contributed by atoms with Crippen LogP contribution >= 0.6 is 0 Å². The highest BCUT2D eigenvalue weighted by Gasteiger charge is 2.32. The molecule has 2 aromatic heterocycles. The number of likely N-dealkylation sites (tertiary alicyclic amines) is 1. The molecule has 1 aliphatic carbocycles. The Morgan fingerprint density at radius 2 is 1.82 bits per heavy atom. The third-order valence-electron chi connectivity index (χ3n) is 7.79. The molecule has 6 heteroatoms. The normalized spacial score (nSPS) is 24.6. The number of piperidine rings is 2. The lowest BCUT2D eigenvalue weighted by Gasteiger charge is -2.37. The van der Waals surface area contributed by atoms with Crippen molar-refractivity contribution in [2.75, 3.05) is 31.1 Å². The predicted octanol–water partition coefficient (Wildman–Crippen LogP) is 5.06. The van der Waals surface area contributed by atoms with E-state index in [4.69, 9.17) is 9.97 Å². The molecule has 4 heterocycles. The van der Waals surface area contributed by atoms with Crippen molar-refractivity contribution in [2.45, 2.75) is 70.6 Å². The molecule has 5 rings (SSSR count). The molecule has 0 spiro atoms. The van der Waals surface area contributed by atoms with Gasteiger partial charge in [-0.2, -0.15) is 0 Å². The highest BCUT2D eigenvalue weighted by atomic mass is 16.2. The Bertz CT molecular complexity index is 943. The van der Waals surface area contributed by atoms with E-state index in [9.17, 15) is 4.79 Å². The largest absolute Gasteiger partial charge is 0.342 e. The average Bonchev–Trinajstić information content (AvgIpc) is 2.89. The van der Waals surface area contributed by atoms with Gasteiger partial charge in [0.15, 0.2) is 0 Å². The lowest BCUT2D eigenvalue weighted by molar-refractivity contribution is -0.137. The standard InChI is InChI=1S/C27H37N5O/c1-20-8-6-15-32(18-20)27-29-17-24(22-11-5-13-28-16-22)25(30-27)23-12-7-14-31(19-23)26(33)21-9-3-2-4-10-21/h5,11,13,16-17,20-21,23H,2-4,6-10,12,14-15,18-19H2,1H3/t20-,23-/m0/s1. The predicted molar refractivity (Wildman–Crippen MR) is 131 cm³/mol. The number of anilines is 1. The van der Waals surface area contributed by atoms with E-state index in [2.05, 4.69) is 27.8 Å². The zero-order valence-electron chi connectivity index (χ0n) is 20.0. The van der Waals surface area contributed by atoms with E-state index in [-0.39, 0.29) is 11.8 Å². The van der Waals surface area contributed by atoms with Crippen LogP contribution in [0.2, 0.25) is 0 Å². The first-order chi connectivity index (χ1) is 16.2. The van der Waals surface area contributed by atoms with Crippen molar-refractivity contribution in [3.63, 3.8) is 0 Å². The second kappa shape index (κ2) is 10.2. The Morgan fingerprint density at radius 3 is 2.61 bits per heavy atom. The van der Waals surface area contributed by atoms with E-state index in [1.54, 1.807) is 6.20 Å². The lowest BCUT2D eigenvalue weighted by Crippen LogP contribution is -2.43. The molecule has 2 atom stereocenters. The van der Waals surface area contributed by atoms with Gasteiger partial charge in [-0.15, -0.1) is 0 Å². The molecule has 176 valence electrons. The van der Waals surface area contributed by atoms with Crippen LogP contribution in [-0.2, 0) is 4.79 Å². The minimum atomic E-state index is 0.228. The first-order valence-electron chi connectivity index (χ1n) is 13.0. The van der Waals surface area contributed by atoms with Gasteiger partial charge in [-0.3, -0.25) is 9.78 Å². The molecular formula is C27H37N5O. The summed E-state index contributed by atoms with van der Waals surface area (Å²) < 4.78 is 0. The molecule has 0 N–H and O–H groups in total. The van der Waals surface area contributed by atoms with Gasteiger partial charge >= 0.3 is 0 Å². The van der Waals surface area contributed by atoms with E-state index < -0.39 is 0 Å². The summed E-state index contributed by atoms with van der Waals surface area (Å²) in [5.41, 5.74) is 3.21. The van der Waals surface area contributed by atoms with Crippen LogP contribution in [0.3, 0.4) is 0 Å². The molecule has 6 nitrogen and oxygen atoms in total. The van der Waals surface area contributed by atoms with Gasteiger partial charge in [-0.05, 0) is 50.5 Å². The SMILES string of the molecule is C[C@H]1CCCN(c2ncc(-c3cccnc3)c([C@H]3CCCN(C(=O)C4CCCCC4)C3)n2)C1. The second-order valence-electron chi connectivity index (χ2n) is 10.4. The summed E-state index contributed by atoms with van der Waals surface area (Å²) >= 11 is 0. The number of hydrogen-bond donors (Lipinski definition) is 0. The van der Waals surface area contributed by atoms with E-state index >= 15 is 0 Å². The highest BCUT2D eigenvalue weighted by Crippen LogP contribution is 2.35. The molecule has 2 aromatic rings. The van der Waals surface area contributed by atoms with Crippen molar-refractivity contribution in [2.24, 2.45) is 11.8 Å². The van der Waals surface area contributed by atoms with Gasteiger partial charge in [0.25, 0.3) is 0 Å². The number of aromatic nitrogens is 3. The Kier molecular flexibility index (Phi) is 6.88. The Labute approximate surface area is 197 Å². The zero-order valence-corrected chi connectivity index (χ0v) is 20.0. The maximum Gasteiger partial charge on any atom is 0.225 e. The van der Waals surface area contributed by atoms with Gasteiger partial charge in [0.05, 0.1) is 5.69 Å². The molecule has 2 saturated heterocycles.